The Morgan fingerprint density at radius 3 is 2.20 bits per heavy atom. The lowest BCUT2D eigenvalue weighted by Crippen LogP contribution is -1.98. The molecule has 0 saturated heterocycles. The Hall–Kier alpha value is -0.890. The van der Waals surface area contributed by atoms with E-state index in [2.05, 4.69) is 6.92 Å². The maximum absolute atomic E-state index is 6.11. The molecule has 0 aliphatic rings. The molecule has 0 aromatic heterocycles. The van der Waals surface area contributed by atoms with Gasteiger partial charge in [0.2, 0.25) is 0 Å². The molecule has 0 atom stereocenters. The van der Waals surface area contributed by atoms with Gasteiger partial charge in [-0.25, -0.2) is 0 Å². The van der Waals surface area contributed by atoms with E-state index in [1.807, 2.05) is 12.1 Å². The first-order valence-corrected chi connectivity index (χ1v) is 8.12. The molecule has 3 heteroatoms. The van der Waals surface area contributed by atoms with Crippen LogP contribution in [0.15, 0.2) is 18.2 Å². The molecule has 20 heavy (non-hydrogen) atoms. The van der Waals surface area contributed by atoms with E-state index >= 15 is 0 Å². The van der Waals surface area contributed by atoms with E-state index in [4.69, 9.17) is 21.1 Å². The first-order valence-electron chi connectivity index (χ1n) is 7.74. The summed E-state index contributed by atoms with van der Waals surface area (Å²) in [6.45, 7) is 2.99. The highest BCUT2D eigenvalue weighted by molar-refractivity contribution is 6.32. The van der Waals surface area contributed by atoms with Gasteiger partial charge in [0.05, 0.1) is 18.7 Å². The van der Waals surface area contributed by atoms with Crippen LogP contribution in [0.1, 0.15) is 58.3 Å². The molecule has 0 unspecified atom stereocenters. The average molecular weight is 299 g/mol. The van der Waals surface area contributed by atoms with Crippen LogP contribution < -0.4 is 9.47 Å². The minimum absolute atomic E-state index is 0.615. The number of halogens is 1. The van der Waals surface area contributed by atoms with E-state index in [1.165, 1.54) is 44.9 Å². The summed E-state index contributed by atoms with van der Waals surface area (Å²) in [5.41, 5.74) is 0. The number of methoxy groups -OCH3 is 1. The molecule has 0 fully saturated rings. The van der Waals surface area contributed by atoms with Crippen LogP contribution >= 0.6 is 11.6 Å². The second kappa shape index (κ2) is 10.8. The van der Waals surface area contributed by atoms with Crippen LogP contribution in [0, 0.1) is 0 Å². The van der Waals surface area contributed by atoms with Crippen molar-refractivity contribution in [2.45, 2.75) is 58.3 Å². The third-order valence-electron chi connectivity index (χ3n) is 3.39. The SMILES string of the molecule is CCCCCCCCCCOc1ccc(OC)cc1Cl. The van der Waals surface area contributed by atoms with Gasteiger partial charge in [-0.1, -0.05) is 63.5 Å². The van der Waals surface area contributed by atoms with Gasteiger partial charge in [-0.15, -0.1) is 0 Å². The zero-order valence-corrected chi connectivity index (χ0v) is 13.5. The molecule has 0 bridgehead atoms. The van der Waals surface area contributed by atoms with Gasteiger partial charge in [0, 0.05) is 6.07 Å². The molecule has 0 radical (unpaired) electrons. The highest BCUT2D eigenvalue weighted by atomic mass is 35.5. The van der Waals surface area contributed by atoms with Crippen molar-refractivity contribution in [3.8, 4) is 11.5 Å². The lowest BCUT2D eigenvalue weighted by atomic mass is 10.1. The quantitative estimate of drug-likeness (QED) is 0.476. The fraction of sp³-hybridized carbons (Fsp3) is 0.647. The van der Waals surface area contributed by atoms with E-state index in [0.29, 0.717) is 5.02 Å². The third kappa shape index (κ3) is 7.04. The van der Waals surface area contributed by atoms with E-state index in [9.17, 15) is 0 Å². The topological polar surface area (TPSA) is 18.5 Å². The van der Waals surface area contributed by atoms with Crippen LogP contribution in [0.2, 0.25) is 5.02 Å². The molecule has 1 rings (SSSR count). The minimum Gasteiger partial charge on any atom is -0.497 e. The Balaban J connectivity index is 2.06. The van der Waals surface area contributed by atoms with Gasteiger partial charge in [0.25, 0.3) is 0 Å². The first kappa shape index (κ1) is 17.2. The second-order valence-electron chi connectivity index (χ2n) is 5.12. The smallest absolute Gasteiger partial charge is 0.138 e. The van der Waals surface area contributed by atoms with Crippen molar-refractivity contribution >= 4 is 11.6 Å². The first-order chi connectivity index (χ1) is 9.77. The lowest BCUT2D eigenvalue weighted by Gasteiger charge is -2.09. The summed E-state index contributed by atoms with van der Waals surface area (Å²) in [6, 6.07) is 5.52. The van der Waals surface area contributed by atoms with Crippen molar-refractivity contribution in [1.29, 1.82) is 0 Å². The normalized spacial score (nSPS) is 10.6. The van der Waals surface area contributed by atoms with Gasteiger partial charge in [-0.2, -0.15) is 0 Å². The van der Waals surface area contributed by atoms with Gasteiger partial charge in [0.1, 0.15) is 11.5 Å². The van der Waals surface area contributed by atoms with Gasteiger partial charge in [-0.3, -0.25) is 0 Å². The van der Waals surface area contributed by atoms with Crippen LogP contribution in [0.25, 0.3) is 0 Å². The summed E-state index contributed by atoms with van der Waals surface area (Å²) in [5.74, 6) is 1.50. The Morgan fingerprint density at radius 1 is 0.950 bits per heavy atom. The maximum atomic E-state index is 6.11. The fourth-order valence-electron chi connectivity index (χ4n) is 2.14. The van der Waals surface area contributed by atoms with Crippen molar-refractivity contribution < 1.29 is 9.47 Å². The number of unbranched alkanes of at least 4 members (excludes halogenated alkanes) is 7. The van der Waals surface area contributed by atoms with E-state index in [-0.39, 0.29) is 0 Å². The van der Waals surface area contributed by atoms with Gasteiger partial charge in [-0.05, 0) is 18.6 Å². The van der Waals surface area contributed by atoms with Crippen LogP contribution in [0.3, 0.4) is 0 Å². The summed E-state index contributed by atoms with van der Waals surface area (Å²) >= 11 is 6.11. The van der Waals surface area contributed by atoms with Gasteiger partial charge in [0.15, 0.2) is 0 Å². The molecule has 0 spiro atoms. The highest BCUT2D eigenvalue weighted by Crippen LogP contribution is 2.28. The predicted octanol–water partition coefficient (Wildman–Crippen LogP) is 5.87. The summed E-state index contributed by atoms with van der Waals surface area (Å²) < 4.78 is 10.8. The summed E-state index contributed by atoms with van der Waals surface area (Å²) in [6.07, 6.45) is 10.4. The number of rotatable bonds is 11. The maximum Gasteiger partial charge on any atom is 0.138 e. The van der Waals surface area contributed by atoms with Crippen molar-refractivity contribution in [3.63, 3.8) is 0 Å². The molecule has 114 valence electrons. The largest absolute Gasteiger partial charge is 0.497 e. The third-order valence-corrected chi connectivity index (χ3v) is 3.69. The molecule has 0 amide bonds. The summed E-state index contributed by atoms with van der Waals surface area (Å²) in [7, 11) is 1.63. The molecule has 0 aliphatic carbocycles. The van der Waals surface area contributed by atoms with Crippen LogP contribution in [-0.2, 0) is 0 Å². The molecule has 1 aromatic rings. The molecule has 1 aromatic carbocycles. The van der Waals surface area contributed by atoms with E-state index in [0.717, 1.165) is 24.5 Å². The van der Waals surface area contributed by atoms with E-state index in [1.54, 1.807) is 13.2 Å². The second-order valence-corrected chi connectivity index (χ2v) is 5.53. The van der Waals surface area contributed by atoms with Crippen molar-refractivity contribution in [2.24, 2.45) is 0 Å². The molecule has 0 heterocycles. The summed E-state index contributed by atoms with van der Waals surface area (Å²) in [4.78, 5) is 0. The highest BCUT2D eigenvalue weighted by Gasteiger charge is 2.03. The number of ether oxygens (including phenoxy) is 2. The molecular weight excluding hydrogens is 272 g/mol. The zero-order chi connectivity index (χ0) is 14.6. The molecule has 2 nitrogen and oxygen atoms in total. The minimum atomic E-state index is 0.615. The van der Waals surface area contributed by atoms with Crippen molar-refractivity contribution in [1.82, 2.24) is 0 Å². The Morgan fingerprint density at radius 2 is 1.60 bits per heavy atom. The molecule has 0 aliphatic heterocycles. The number of hydrogen-bond donors (Lipinski definition) is 0. The van der Waals surface area contributed by atoms with Crippen molar-refractivity contribution in [3.05, 3.63) is 23.2 Å². The number of hydrogen-bond acceptors (Lipinski definition) is 2. The monoisotopic (exact) mass is 298 g/mol. The Kier molecular flexibility index (Phi) is 9.31. The fourth-order valence-corrected chi connectivity index (χ4v) is 2.37. The van der Waals surface area contributed by atoms with Gasteiger partial charge < -0.3 is 9.47 Å². The zero-order valence-electron chi connectivity index (χ0n) is 12.8. The molecular formula is C17H27ClO2. The molecule has 0 N–H and O–H groups in total. The Labute approximate surface area is 128 Å². The lowest BCUT2D eigenvalue weighted by molar-refractivity contribution is 0.304. The average Bonchev–Trinajstić information content (AvgIpc) is 2.47. The number of benzene rings is 1. The van der Waals surface area contributed by atoms with E-state index < -0.39 is 0 Å². The standard InChI is InChI=1S/C17H27ClO2/c1-3-4-5-6-7-8-9-10-13-20-17-12-11-15(19-2)14-16(17)18/h11-12,14H,3-10,13H2,1-2H3. The summed E-state index contributed by atoms with van der Waals surface area (Å²) in [5, 5.41) is 0.615. The van der Waals surface area contributed by atoms with Crippen LogP contribution in [-0.4, -0.2) is 13.7 Å². The Bertz CT molecular complexity index is 366. The van der Waals surface area contributed by atoms with Crippen LogP contribution in [0.5, 0.6) is 11.5 Å². The predicted molar refractivity (Wildman–Crippen MR) is 86.1 cm³/mol. The molecule has 0 saturated carbocycles. The van der Waals surface area contributed by atoms with Crippen LogP contribution in [0.4, 0.5) is 0 Å². The van der Waals surface area contributed by atoms with Gasteiger partial charge >= 0.3 is 0 Å². The van der Waals surface area contributed by atoms with Crippen molar-refractivity contribution in [2.75, 3.05) is 13.7 Å².